The standard InChI is InChI=1S/C8H11NO2/c1-4-11-8(10)7(3)6(2)5-9/h4H2,1-3H3. The lowest BCUT2D eigenvalue weighted by molar-refractivity contribution is -0.138. The molecule has 0 bridgehead atoms. The predicted octanol–water partition coefficient (Wildman–Crippen LogP) is 1.41. The normalized spacial score (nSPS) is 11.5. The Balaban J connectivity index is 4.37. The van der Waals surface area contributed by atoms with Gasteiger partial charge in [-0.05, 0) is 20.8 Å². The first-order valence-corrected chi connectivity index (χ1v) is 3.38. The van der Waals surface area contributed by atoms with Crippen molar-refractivity contribution < 1.29 is 9.53 Å². The van der Waals surface area contributed by atoms with Crippen LogP contribution in [-0.2, 0) is 9.53 Å². The molecule has 0 saturated heterocycles. The summed E-state index contributed by atoms with van der Waals surface area (Å²) in [6.45, 7) is 5.24. The van der Waals surface area contributed by atoms with Crippen LogP contribution in [0.25, 0.3) is 0 Å². The molecule has 0 N–H and O–H groups in total. The summed E-state index contributed by atoms with van der Waals surface area (Å²) in [4.78, 5) is 10.9. The summed E-state index contributed by atoms with van der Waals surface area (Å²) >= 11 is 0. The van der Waals surface area contributed by atoms with Crippen molar-refractivity contribution in [3.05, 3.63) is 11.1 Å². The Labute approximate surface area is 66.3 Å². The van der Waals surface area contributed by atoms with Gasteiger partial charge in [-0.3, -0.25) is 0 Å². The highest BCUT2D eigenvalue weighted by atomic mass is 16.5. The number of carbonyl (C=O) groups is 1. The van der Waals surface area contributed by atoms with Crippen LogP contribution < -0.4 is 0 Å². The summed E-state index contributed by atoms with van der Waals surface area (Å²) in [5.41, 5.74) is 0.790. The van der Waals surface area contributed by atoms with Gasteiger partial charge in [-0.25, -0.2) is 4.79 Å². The van der Waals surface area contributed by atoms with Crippen molar-refractivity contribution in [1.29, 1.82) is 5.26 Å². The largest absolute Gasteiger partial charge is 0.463 e. The molecule has 0 fully saturated rings. The Bertz CT molecular complexity index is 223. The molecule has 11 heavy (non-hydrogen) atoms. The summed E-state index contributed by atoms with van der Waals surface area (Å²) in [6, 6.07) is 1.88. The van der Waals surface area contributed by atoms with Crippen LogP contribution >= 0.6 is 0 Å². The van der Waals surface area contributed by atoms with Crippen molar-refractivity contribution in [2.45, 2.75) is 20.8 Å². The molecule has 0 atom stereocenters. The van der Waals surface area contributed by atoms with E-state index in [1.807, 2.05) is 6.07 Å². The zero-order valence-corrected chi connectivity index (χ0v) is 6.97. The molecule has 0 aliphatic carbocycles. The molecule has 3 heteroatoms. The van der Waals surface area contributed by atoms with Gasteiger partial charge < -0.3 is 4.74 Å². The monoisotopic (exact) mass is 153 g/mol. The average Bonchev–Trinajstić information content (AvgIpc) is 2.02. The molecular formula is C8H11NO2. The number of esters is 1. The third kappa shape index (κ3) is 2.85. The number of hydrogen-bond acceptors (Lipinski definition) is 3. The fraction of sp³-hybridized carbons (Fsp3) is 0.500. The zero-order chi connectivity index (χ0) is 8.85. The summed E-state index contributed by atoms with van der Waals surface area (Å²) < 4.78 is 4.68. The second-order valence-electron chi connectivity index (χ2n) is 2.08. The van der Waals surface area contributed by atoms with Gasteiger partial charge in [0.2, 0.25) is 0 Å². The van der Waals surface area contributed by atoms with Gasteiger partial charge in [-0.1, -0.05) is 0 Å². The highest BCUT2D eigenvalue weighted by molar-refractivity contribution is 5.89. The van der Waals surface area contributed by atoms with Gasteiger partial charge in [0.05, 0.1) is 12.7 Å². The molecular weight excluding hydrogens is 142 g/mol. The minimum absolute atomic E-state index is 0.342. The van der Waals surface area contributed by atoms with Gasteiger partial charge in [-0.2, -0.15) is 5.26 Å². The summed E-state index contributed by atoms with van der Waals surface area (Å²) in [5, 5.41) is 8.41. The lowest BCUT2D eigenvalue weighted by Crippen LogP contribution is -2.06. The summed E-state index contributed by atoms with van der Waals surface area (Å²) in [5.74, 6) is -0.411. The van der Waals surface area contributed by atoms with E-state index in [1.165, 1.54) is 0 Å². The van der Waals surface area contributed by atoms with Crippen LogP contribution in [0.4, 0.5) is 0 Å². The molecule has 0 saturated carbocycles. The quantitative estimate of drug-likeness (QED) is 0.342. The maximum atomic E-state index is 10.9. The fourth-order valence-corrected chi connectivity index (χ4v) is 0.476. The van der Waals surface area contributed by atoms with E-state index < -0.39 is 5.97 Å². The van der Waals surface area contributed by atoms with Crippen molar-refractivity contribution in [2.24, 2.45) is 0 Å². The molecule has 0 heterocycles. The molecule has 0 spiro atoms. The van der Waals surface area contributed by atoms with Crippen LogP contribution in [0.3, 0.4) is 0 Å². The van der Waals surface area contributed by atoms with E-state index in [1.54, 1.807) is 20.8 Å². The van der Waals surface area contributed by atoms with E-state index in [9.17, 15) is 4.79 Å². The molecule has 0 aromatic rings. The fourth-order valence-electron chi connectivity index (χ4n) is 0.476. The van der Waals surface area contributed by atoms with Crippen molar-refractivity contribution >= 4 is 5.97 Å². The Morgan fingerprint density at radius 2 is 2.09 bits per heavy atom. The van der Waals surface area contributed by atoms with Gasteiger partial charge in [0.25, 0.3) is 0 Å². The summed E-state index contributed by atoms with van der Waals surface area (Å²) in [7, 11) is 0. The SMILES string of the molecule is CCOC(=O)C(C)=C(C)C#N. The maximum Gasteiger partial charge on any atom is 0.334 e. The number of hydrogen-bond donors (Lipinski definition) is 0. The predicted molar refractivity (Wildman–Crippen MR) is 40.6 cm³/mol. The van der Waals surface area contributed by atoms with Crippen LogP contribution in [0.2, 0.25) is 0 Å². The first-order valence-electron chi connectivity index (χ1n) is 3.38. The van der Waals surface area contributed by atoms with Gasteiger partial charge in [0, 0.05) is 11.1 Å². The topological polar surface area (TPSA) is 50.1 Å². The molecule has 0 amide bonds. The van der Waals surface area contributed by atoms with Gasteiger partial charge in [0.15, 0.2) is 0 Å². The lowest BCUT2D eigenvalue weighted by Gasteiger charge is -2.00. The summed E-state index contributed by atoms with van der Waals surface area (Å²) in [6.07, 6.45) is 0. The Morgan fingerprint density at radius 1 is 1.55 bits per heavy atom. The highest BCUT2D eigenvalue weighted by Crippen LogP contribution is 2.03. The number of carbonyl (C=O) groups excluding carboxylic acids is 1. The number of ether oxygens (including phenoxy) is 1. The number of allylic oxidation sites excluding steroid dienone is 1. The first-order chi connectivity index (χ1) is 5.13. The Morgan fingerprint density at radius 3 is 2.45 bits per heavy atom. The van der Waals surface area contributed by atoms with Crippen LogP contribution in [-0.4, -0.2) is 12.6 Å². The van der Waals surface area contributed by atoms with Crippen molar-refractivity contribution in [3.63, 3.8) is 0 Å². The second-order valence-corrected chi connectivity index (χ2v) is 2.08. The molecule has 0 aromatic heterocycles. The van der Waals surface area contributed by atoms with Crippen molar-refractivity contribution in [3.8, 4) is 6.07 Å². The highest BCUT2D eigenvalue weighted by Gasteiger charge is 2.07. The van der Waals surface area contributed by atoms with Crippen molar-refractivity contribution in [1.82, 2.24) is 0 Å². The molecule has 0 radical (unpaired) electrons. The first kappa shape index (κ1) is 9.70. The maximum absolute atomic E-state index is 10.9. The smallest absolute Gasteiger partial charge is 0.334 e. The number of rotatable bonds is 2. The minimum atomic E-state index is -0.411. The minimum Gasteiger partial charge on any atom is -0.463 e. The number of nitriles is 1. The van der Waals surface area contributed by atoms with E-state index in [0.29, 0.717) is 17.8 Å². The van der Waals surface area contributed by atoms with Gasteiger partial charge in [0.1, 0.15) is 0 Å². The van der Waals surface area contributed by atoms with Crippen LogP contribution in [0, 0.1) is 11.3 Å². The lowest BCUT2D eigenvalue weighted by atomic mass is 10.2. The molecule has 0 unspecified atom stereocenters. The zero-order valence-electron chi connectivity index (χ0n) is 6.97. The van der Waals surface area contributed by atoms with E-state index in [-0.39, 0.29) is 0 Å². The van der Waals surface area contributed by atoms with Gasteiger partial charge >= 0.3 is 5.97 Å². The molecule has 3 nitrogen and oxygen atoms in total. The van der Waals surface area contributed by atoms with E-state index >= 15 is 0 Å². The van der Waals surface area contributed by atoms with E-state index in [2.05, 4.69) is 4.74 Å². The third-order valence-corrected chi connectivity index (χ3v) is 1.31. The Hall–Kier alpha value is -1.30. The second kappa shape index (κ2) is 4.51. The van der Waals surface area contributed by atoms with Crippen LogP contribution in [0.5, 0.6) is 0 Å². The molecule has 0 aliphatic rings. The number of nitrogens with zero attached hydrogens (tertiary/aromatic N) is 1. The third-order valence-electron chi connectivity index (χ3n) is 1.31. The van der Waals surface area contributed by atoms with E-state index in [4.69, 9.17) is 5.26 Å². The Kier molecular flexibility index (Phi) is 3.97. The van der Waals surface area contributed by atoms with E-state index in [0.717, 1.165) is 0 Å². The van der Waals surface area contributed by atoms with Gasteiger partial charge in [-0.15, -0.1) is 0 Å². The molecule has 0 aromatic carbocycles. The average molecular weight is 153 g/mol. The molecule has 60 valence electrons. The molecule has 0 rings (SSSR count). The molecule has 0 aliphatic heterocycles. The van der Waals surface area contributed by atoms with Crippen LogP contribution in [0.1, 0.15) is 20.8 Å². The van der Waals surface area contributed by atoms with Crippen molar-refractivity contribution in [2.75, 3.05) is 6.61 Å². The van der Waals surface area contributed by atoms with Crippen LogP contribution in [0.15, 0.2) is 11.1 Å².